The van der Waals surface area contributed by atoms with Crippen LogP contribution in [0.2, 0.25) is 5.02 Å². The smallest absolute Gasteiger partial charge is 0.161 e. The van der Waals surface area contributed by atoms with Crippen molar-refractivity contribution < 1.29 is 4.79 Å². The van der Waals surface area contributed by atoms with Gasteiger partial charge in [0.25, 0.3) is 0 Å². The van der Waals surface area contributed by atoms with Crippen LogP contribution in [-0.2, 0) is 4.79 Å². The van der Waals surface area contributed by atoms with Crippen molar-refractivity contribution in [2.75, 3.05) is 5.32 Å². The molecule has 3 aromatic rings. The molecule has 1 N–H and O–H groups in total. The van der Waals surface area contributed by atoms with Crippen LogP contribution in [0.15, 0.2) is 66.2 Å². The summed E-state index contributed by atoms with van der Waals surface area (Å²) in [6.45, 7) is 0. The second kappa shape index (κ2) is 6.00. The van der Waals surface area contributed by atoms with Crippen molar-refractivity contribution in [2.45, 2.75) is 25.3 Å². The fourth-order valence-corrected chi connectivity index (χ4v) is 4.54. The molecule has 26 heavy (non-hydrogen) atoms. The van der Waals surface area contributed by atoms with Crippen molar-refractivity contribution in [3.05, 3.63) is 82.4 Å². The molecule has 1 aliphatic carbocycles. The second-order valence-electron chi connectivity index (χ2n) is 7.01. The molecular weight excluding hydrogens is 342 g/mol. The zero-order valence-corrected chi connectivity index (χ0v) is 15.0. The first kappa shape index (κ1) is 15.7. The number of benzene rings is 3. The lowest BCUT2D eigenvalue weighted by Crippen LogP contribution is -2.27. The van der Waals surface area contributed by atoms with Crippen molar-refractivity contribution in [2.24, 2.45) is 0 Å². The predicted molar refractivity (Wildman–Crippen MR) is 108 cm³/mol. The monoisotopic (exact) mass is 359 g/mol. The summed E-state index contributed by atoms with van der Waals surface area (Å²) in [6, 6.07) is 20.4. The van der Waals surface area contributed by atoms with E-state index in [9.17, 15) is 4.79 Å². The molecule has 2 aliphatic rings. The minimum Gasteiger partial charge on any atom is -0.373 e. The summed E-state index contributed by atoms with van der Waals surface area (Å²) in [6.07, 6.45) is 2.49. The summed E-state index contributed by atoms with van der Waals surface area (Å²) in [7, 11) is 0. The highest BCUT2D eigenvalue weighted by Crippen LogP contribution is 2.48. The lowest BCUT2D eigenvalue weighted by atomic mass is 9.77. The number of ketones is 1. The molecular formula is C23H18ClNO. The highest BCUT2D eigenvalue weighted by Gasteiger charge is 2.34. The van der Waals surface area contributed by atoms with Crippen LogP contribution >= 0.6 is 11.6 Å². The molecule has 0 fully saturated rings. The Morgan fingerprint density at radius 3 is 2.73 bits per heavy atom. The minimum absolute atomic E-state index is 0.134. The molecule has 0 spiro atoms. The van der Waals surface area contributed by atoms with Crippen molar-refractivity contribution in [3.63, 3.8) is 0 Å². The Balaban J connectivity index is 1.79. The first-order chi connectivity index (χ1) is 12.7. The van der Waals surface area contributed by atoms with Gasteiger partial charge in [-0.3, -0.25) is 4.79 Å². The Hall–Kier alpha value is -2.58. The van der Waals surface area contributed by atoms with E-state index in [0.29, 0.717) is 11.4 Å². The Labute approximate surface area is 157 Å². The average molecular weight is 360 g/mol. The number of hydrogen-bond donors (Lipinski definition) is 1. The molecule has 1 aliphatic heterocycles. The Morgan fingerprint density at radius 1 is 0.962 bits per heavy atom. The minimum atomic E-state index is -0.134. The number of nitrogens with one attached hydrogen (secondary N) is 1. The van der Waals surface area contributed by atoms with Crippen molar-refractivity contribution >= 4 is 39.4 Å². The van der Waals surface area contributed by atoms with Gasteiger partial charge < -0.3 is 5.32 Å². The number of halogens is 1. The molecule has 1 heterocycles. The maximum Gasteiger partial charge on any atom is 0.161 e. The van der Waals surface area contributed by atoms with E-state index in [-0.39, 0.29) is 11.8 Å². The lowest BCUT2D eigenvalue weighted by molar-refractivity contribution is -0.116. The predicted octanol–water partition coefficient (Wildman–Crippen LogP) is 6.17. The maximum atomic E-state index is 12.9. The molecule has 0 aromatic heterocycles. The Bertz CT molecular complexity index is 1080. The topological polar surface area (TPSA) is 29.1 Å². The van der Waals surface area contributed by atoms with E-state index in [1.807, 2.05) is 24.3 Å². The number of anilines is 1. The fourth-order valence-electron chi connectivity index (χ4n) is 4.34. The van der Waals surface area contributed by atoms with Crippen molar-refractivity contribution in [1.82, 2.24) is 0 Å². The number of Topliss-reactive ketones (excluding diaryl/α,β-unsaturated/α-hetero) is 1. The number of carbonyl (C=O) groups is 1. The highest BCUT2D eigenvalue weighted by atomic mass is 35.5. The Kier molecular flexibility index (Phi) is 3.61. The van der Waals surface area contributed by atoms with Crippen LogP contribution < -0.4 is 5.32 Å². The molecule has 0 bridgehead atoms. The lowest BCUT2D eigenvalue weighted by Gasteiger charge is -2.35. The van der Waals surface area contributed by atoms with Crippen LogP contribution in [0, 0.1) is 0 Å². The summed E-state index contributed by atoms with van der Waals surface area (Å²) < 4.78 is 0. The van der Waals surface area contributed by atoms with E-state index in [4.69, 9.17) is 11.6 Å². The van der Waals surface area contributed by atoms with Gasteiger partial charge in [0.2, 0.25) is 0 Å². The third-order valence-electron chi connectivity index (χ3n) is 5.46. The van der Waals surface area contributed by atoms with Gasteiger partial charge in [0.05, 0.1) is 6.04 Å². The summed E-state index contributed by atoms with van der Waals surface area (Å²) in [5.74, 6) is 0.252. The molecule has 1 unspecified atom stereocenters. The molecule has 0 radical (unpaired) electrons. The highest BCUT2D eigenvalue weighted by molar-refractivity contribution is 6.30. The van der Waals surface area contributed by atoms with Gasteiger partial charge in [0, 0.05) is 28.3 Å². The SMILES string of the molecule is O=C1CCCC2=C1C(c1cccc(Cl)c1)Nc1ccc3ccccc3c12. The first-order valence-electron chi connectivity index (χ1n) is 9.03. The normalized spacial score (nSPS) is 19.1. The second-order valence-corrected chi connectivity index (χ2v) is 7.45. The van der Waals surface area contributed by atoms with Gasteiger partial charge in [0.1, 0.15) is 0 Å². The molecule has 3 aromatic carbocycles. The van der Waals surface area contributed by atoms with Gasteiger partial charge >= 0.3 is 0 Å². The van der Waals surface area contributed by atoms with Gasteiger partial charge in [-0.1, -0.05) is 54.1 Å². The molecule has 128 valence electrons. The number of rotatable bonds is 1. The van der Waals surface area contributed by atoms with E-state index in [1.54, 1.807) is 0 Å². The number of hydrogen-bond acceptors (Lipinski definition) is 2. The van der Waals surface area contributed by atoms with Crippen LogP contribution in [0.3, 0.4) is 0 Å². The molecule has 0 amide bonds. The van der Waals surface area contributed by atoms with Gasteiger partial charge in [-0.15, -0.1) is 0 Å². The number of fused-ring (bicyclic) bond motifs is 4. The van der Waals surface area contributed by atoms with E-state index in [0.717, 1.165) is 29.7 Å². The maximum absolute atomic E-state index is 12.9. The van der Waals surface area contributed by atoms with Crippen molar-refractivity contribution in [1.29, 1.82) is 0 Å². The van der Waals surface area contributed by atoms with Crippen molar-refractivity contribution in [3.8, 4) is 0 Å². The van der Waals surface area contributed by atoms with E-state index in [1.165, 1.54) is 21.9 Å². The summed E-state index contributed by atoms with van der Waals surface area (Å²) in [5, 5.41) is 6.74. The average Bonchev–Trinajstić information content (AvgIpc) is 2.67. The molecule has 3 heteroatoms. The van der Waals surface area contributed by atoms with Crippen LogP contribution in [-0.4, -0.2) is 5.78 Å². The molecule has 0 saturated carbocycles. The van der Waals surface area contributed by atoms with Gasteiger partial charge in [-0.25, -0.2) is 0 Å². The van der Waals surface area contributed by atoms with Gasteiger partial charge in [-0.2, -0.15) is 0 Å². The van der Waals surface area contributed by atoms with Crippen LogP contribution in [0.25, 0.3) is 16.3 Å². The first-order valence-corrected chi connectivity index (χ1v) is 9.40. The molecule has 1 atom stereocenters. The van der Waals surface area contributed by atoms with E-state index >= 15 is 0 Å². The van der Waals surface area contributed by atoms with E-state index in [2.05, 4.69) is 41.7 Å². The van der Waals surface area contributed by atoms with Crippen LogP contribution in [0.4, 0.5) is 5.69 Å². The third-order valence-corrected chi connectivity index (χ3v) is 5.69. The summed E-state index contributed by atoms with van der Waals surface area (Å²) >= 11 is 6.23. The van der Waals surface area contributed by atoms with Gasteiger partial charge in [-0.05, 0) is 52.9 Å². The molecule has 2 nitrogen and oxygen atoms in total. The zero-order valence-electron chi connectivity index (χ0n) is 14.3. The van der Waals surface area contributed by atoms with E-state index < -0.39 is 0 Å². The Morgan fingerprint density at radius 2 is 1.85 bits per heavy atom. The summed E-state index contributed by atoms with van der Waals surface area (Å²) in [5.41, 5.74) is 5.46. The van der Waals surface area contributed by atoms with Gasteiger partial charge in [0.15, 0.2) is 5.78 Å². The fraction of sp³-hybridized carbons (Fsp3) is 0.174. The molecule has 5 rings (SSSR count). The standard InChI is InChI=1S/C23H18ClNO/c24-16-7-3-6-15(13-16)23-22-18(9-4-10-20(22)26)21-17-8-2-1-5-14(17)11-12-19(21)25-23/h1-3,5-8,11-13,23,25H,4,9-10H2. The van der Waals surface area contributed by atoms with Crippen LogP contribution in [0.1, 0.15) is 36.4 Å². The quantitative estimate of drug-likeness (QED) is 0.563. The largest absolute Gasteiger partial charge is 0.373 e. The van der Waals surface area contributed by atoms with Crippen LogP contribution in [0.5, 0.6) is 0 Å². The third kappa shape index (κ3) is 2.37. The number of carbonyl (C=O) groups excluding carboxylic acids is 1. The molecule has 0 saturated heterocycles. The zero-order chi connectivity index (χ0) is 17.7. The number of allylic oxidation sites excluding steroid dienone is 1. The summed E-state index contributed by atoms with van der Waals surface area (Å²) in [4.78, 5) is 12.9.